The van der Waals surface area contributed by atoms with Gasteiger partial charge in [-0.2, -0.15) is 0 Å². The second kappa shape index (κ2) is 6.92. The summed E-state index contributed by atoms with van der Waals surface area (Å²) in [6, 6.07) is 8.48. The standard InChI is InChI=1S/C13H20BrNO/c1-4-12(9-15-10(2)3)16-13-7-5-6-11(14)8-13/h5-8,10,12,15H,4,9H2,1-3H3. The van der Waals surface area contributed by atoms with Gasteiger partial charge in [0.05, 0.1) is 0 Å². The summed E-state index contributed by atoms with van der Waals surface area (Å²) in [7, 11) is 0. The summed E-state index contributed by atoms with van der Waals surface area (Å²) < 4.78 is 6.95. The minimum absolute atomic E-state index is 0.233. The zero-order valence-electron chi connectivity index (χ0n) is 10.2. The lowest BCUT2D eigenvalue weighted by Crippen LogP contribution is -2.34. The third-order valence-corrected chi connectivity index (χ3v) is 2.80. The first-order valence-corrected chi connectivity index (χ1v) is 6.56. The van der Waals surface area contributed by atoms with Gasteiger partial charge in [0.2, 0.25) is 0 Å². The van der Waals surface area contributed by atoms with E-state index in [1.807, 2.05) is 24.3 Å². The average Bonchev–Trinajstić information content (AvgIpc) is 2.24. The first-order chi connectivity index (χ1) is 7.61. The summed E-state index contributed by atoms with van der Waals surface area (Å²) >= 11 is 3.44. The van der Waals surface area contributed by atoms with Crippen LogP contribution in [0.2, 0.25) is 0 Å². The van der Waals surface area contributed by atoms with Gasteiger partial charge in [-0.25, -0.2) is 0 Å². The van der Waals surface area contributed by atoms with E-state index in [9.17, 15) is 0 Å². The van der Waals surface area contributed by atoms with Crippen molar-refractivity contribution in [2.45, 2.75) is 39.3 Å². The molecule has 0 heterocycles. The number of rotatable bonds is 6. The molecule has 0 aromatic heterocycles. The van der Waals surface area contributed by atoms with Crippen LogP contribution in [0.3, 0.4) is 0 Å². The van der Waals surface area contributed by atoms with Crippen LogP contribution in [-0.4, -0.2) is 18.7 Å². The number of nitrogens with one attached hydrogen (secondary N) is 1. The van der Waals surface area contributed by atoms with Crippen LogP contribution in [0.5, 0.6) is 5.75 Å². The second-order valence-corrected chi connectivity index (χ2v) is 5.08. The Morgan fingerprint density at radius 3 is 2.69 bits per heavy atom. The lowest BCUT2D eigenvalue weighted by Gasteiger charge is -2.19. The SMILES string of the molecule is CCC(CNC(C)C)Oc1cccc(Br)c1. The summed E-state index contributed by atoms with van der Waals surface area (Å²) in [5, 5.41) is 3.39. The summed E-state index contributed by atoms with van der Waals surface area (Å²) in [6.07, 6.45) is 1.24. The predicted molar refractivity (Wildman–Crippen MR) is 72.0 cm³/mol. The van der Waals surface area contributed by atoms with Crippen molar-refractivity contribution >= 4 is 15.9 Å². The van der Waals surface area contributed by atoms with Crippen molar-refractivity contribution in [2.24, 2.45) is 0 Å². The van der Waals surface area contributed by atoms with Gasteiger partial charge >= 0.3 is 0 Å². The van der Waals surface area contributed by atoms with Crippen molar-refractivity contribution in [3.05, 3.63) is 28.7 Å². The Bertz CT molecular complexity index is 315. The molecule has 1 unspecified atom stereocenters. The monoisotopic (exact) mass is 285 g/mol. The molecule has 0 aliphatic rings. The molecule has 0 fully saturated rings. The molecule has 1 rings (SSSR count). The van der Waals surface area contributed by atoms with Crippen LogP contribution in [0.1, 0.15) is 27.2 Å². The molecule has 0 aliphatic heterocycles. The largest absolute Gasteiger partial charge is 0.489 e. The van der Waals surface area contributed by atoms with E-state index in [0.717, 1.165) is 23.2 Å². The Morgan fingerprint density at radius 2 is 2.12 bits per heavy atom. The highest BCUT2D eigenvalue weighted by Crippen LogP contribution is 2.19. The van der Waals surface area contributed by atoms with Crippen molar-refractivity contribution in [1.82, 2.24) is 5.32 Å². The van der Waals surface area contributed by atoms with Gasteiger partial charge in [0.15, 0.2) is 0 Å². The van der Waals surface area contributed by atoms with E-state index >= 15 is 0 Å². The lowest BCUT2D eigenvalue weighted by atomic mass is 10.2. The predicted octanol–water partition coefficient (Wildman–Crippen LogP) is 3.60. The molecule has 1 N–H and O–H groups in total. The van der Waals surface area contributed by atoms with Crippen molar-refractivity contribution in [3.63, 3.8) is 0 Å². The van der Waals surface area contributed by atoms with E-state index in [0.29, 0.717) is 6.04 Å². The fourth-order valence-electron chi connectivity index (χ4n) is 1.37. The maximum Gasteiger partial charge on any atom is 0.120 e. The highest BCUT2D eigenvalue weighted by atomic mass is 79.9. The molecule has 0 bridgehead atoms. The Hall–Kier alpha value is -0.540. The Kier molecular flexibility index (Phi) is 5.85. The van der Waals surface area contributed by atoms with Gasteiger partial charge in [0.25, 0.3) is 0 Å². The molecular weight excluding hydrogens is 266 g/mol. The minimum atomic E-state index is 0.233. The van der Waals surface area contributed by atoms with Crippen molar-refractivity contribution in [1.29, 1.82) is 0 Å². The summed E-state index contributed by atoms with van der Waals surface area (Å²) in [5.41, 5.74) is 0. The smallest absolute Gasteiger partial charge is 0.120 e. The van der Waals surface area contributed by atoms with Gasteiger partial charge < -0.3 is 10.1 Å². The Labute approximate surface area is 107 Å². The van der Waals surface area contributed by atoms with Gasteiger partial charge in [-0.1, -0.05) is 42.8 Å². The maximum atomic E-state index is 5.90. The van der Waals surface area contributed by atoms with Crippen LogP contribution in [0.25, 0.3) is 0 Å². The number of hydrogen-bond donors (Lipinski definition) is 1. The normalized spacial score (nSPS) is 12.8. The average molecular weight is 286 g/mol. The first kappa shape index (κ1) is 13.5. The molecule has 0 saturated carbocycles. The van der Waals surface area contributed by atoms with Gasteiger partial charge in [-0.15, -0.1) is 0 Å². The highest BCUT2D eigenvalue weighted by molar-refractivity contribution is 9.10. The zero-order chi connectivity index (χ0) is 12.0. The fourth-order valence-corrected chi connectivity index (χ4v) is 1.75. The summed E-state index contributed by atoms with van der Waals surface area (Å²) in [5.74, 6) is 0.923. The van der Waals surface area contributed by atoms with Gasteiger partial charge in [-0.3, -0.25) is 0 Å². The number of hydrogen-bond acceptors (Lipinski definition) is 2. The molecular formula is C13H20BrNO. The molecule has 0 amide bonds. The van der Waals surface area contributed by atoms with Crippen molar-refractivity contribution in [3.8, 4) is 5.75 Å². The van der Waals surface area contributed by atoms with E-state index < -0.39 is 0 Å². The number of benzene rings is 1. The molecule has 1 aromatic carbocycles. The van der Waals surface area contributed by atoms with E-state index in [4.69, 9.17) is 4.74 Å². The van der Waals surface area contributed by atoms with Crippen LogP contribution in [0, 0.1) is 0 Å². The van der Waals surface area contributed by atoms with Gasteiger partial charge in [0.1, 0.15) is 11.9 Å². The molecule has 0 aliphatic carbocycles. The van der Waals surface area contributed by atoms with Gasteiger partial charge in [0, 0.05) is 17.1 Å². The van der Waals surface area contributed by atoms with Crippen LogP contribution in [-0.2, 0) is 0 Å². The Morgan fingerprint density at radius 1 is 1.38 bits per heavy atom. The van der Waals surface area contributed by atoms with E-state index in [2.05, 4.69) is 42.0 Å². The molecule has 0 radical (unpaired) electrons. The lowest BCUT2D eigenvalue weighted by molar-refractivity contribution is 0.190. The summed E-state index contributed by atoms with van der Waals surface area (Å²) in [4.78, 5) is 0. The fraction of sp³-hybridized carbons (Fsp3) is 0.538. The molecule has 2 nitrogen and oxygen atoms in total. The Balaban J connectivity index is 2.49. The highest BCUT2D eigenvalue weighted by Gasteiger charge is 2.08. The number of ether oxygens (including phenoxy) is 1. The molecule has 0 spiro atoms. The minimum Gasteiger partial charge on any atom is -0.489 e. The second-order valence-electron chi connectivity index (χ2n) is 4.17. The molecule has 90 valence electrons. The topological polar surface area (TPSA) is 21.3 Å². The van der Waals surface area contributed by atoms with Crippen LogP contribution in [0.4, 0.5) is 0 Å². The van der Waals surface area contributed by atoms with E-state index in [1.54, 1.807) is 0 Å². The number of halogens is 1. The molecule has 1 aromatic rings. The van der Waals surface area contributed by atoms with E-state index in [-0.39, 0.29) is 6.10 Å². The molecule has 0 saturated heterocycles. The molecule has 1 atom stereocenters. The van der Waals surface area contributed by atoms with Crippen LogP contribution < -0.4 is 10.1 Å². The van der Waals surface area contributed by atoms with Gasteiger partial charge in [-0.05, 0) is 24.6 Å². The molecule has 16 heavy (non-hydrogen) atoms. The van der Waals surface area contributed by atoms with E-state index in [1.165, 1.54) is 0 Å². The quantitative estimate of drug-likeness (QED) is 0.862. The van der Waals surface area contributed by atoms with Crippen LogP contribution >= 0.6 is 15.9 Å². The molecule has 3 heteroatoms. The zero-order valence-corrected chi connectivity index (χ0v) is 11.8. The third kappa shape index (κ3) is 4.99. The maximum absolute atomic E-state index is 5.90. The first-order valence-electron chi connectivity index (χ1n) is 5.77. The van der Waals surface area contributed by atoms with Crippen molar-refractivity contribution in [2.75, 3.05) is 6.54 Å². The third-order valence-electron chi connectivity index (χ3n) is 2.31. The van der Waals surface area contributed by atoms with Crippen LogP contribution in [0.15, 0.2) is 28.7 Å². The summed E-state index contributed by atoms with van der Waals surface area (Å²) in [6.45, 7) is 7.32. The van der Waals surface area contributed by atoms with Crippen molar-refractivity contribution < 1.29 is 4.74 Å².